The second-order valence-electron chi connectivity index (χ2n) is 4.13. The summed E-state index contributed by atoms with van der Waals surface area (Å²) in [4.78, 5) is 13.4. The summed E-state index contributed by atoms with van der Waals surface area (Å²) in [5.41, 5.74) is 0. The van der Waals surface area contributed by atoms with Gasteiger partial charge >= 0.3 is 0 Å². The Morgan fingerprint density at radius 2 is 2.38 bits per heavy atom. The largest absolute Gasteiger partial charge is 0.342 e. The van der Waals surface area contributed by atoms with Gasteiger partial charge in [0.1, 0.15) is 0 Å². The van der Waals surface area contributed by atoms with Crippen LogP contribution in [0.15, 0.2) is 0 Å². The van der Waals surface area contributed by atoms with E-state index in [4.69, 9.17) is 0 Å². The number of carbonyl (C=O) groups excluding carboxylic acids is 1. The van der Waals surface area contributed by atoms with E-state index in [2.05, 4.69) is 19.2 Å². The first-order valence-electron chi connectivity index (χ1n) is 5.08. The predicted octanol–water partition coefficient (Wildman–Crippen LogP) is 0.853. The van der Waals surface area contributed by atoms with Crippen LogP contribution in [-0.4, -0.2) is 37.0 Å². The quantitative estimate of drug-likeness (QED) is 0.702. The van der Waals surface area contributed by atoms with E-state index < -0.39 is 0 Å². The van der Waals surface area contributed by atoms with Crippen LogP contribution in [0, 0.1) is 5.92 Å². The van der Waals surface area contributed by atoms with E-state index in [9.17, 15) is 4.79 Å². The zero-order chi connectivity index (χ0) is 9.84. The maximum Gasteiger partial charge on any atom is 0.222 e. The lowest BCUT2D eigenvalue weighted by atomic mass is 10.2. The molecule has 1 aliphatic rings. The number of hydrogen-bond acceptors (Lipinski definition) is 2. The van der Waals surface area contributed by atoms with Gasteiger partial charge in [-0.1, -0.05) is 6.92 Å². The molecule has 3 heteroatoms. The maximum atomic E-state index is 11.4. The van der Waals surface area contributed by atoms with Gasteiger partial charge in [0.2, 0.25) is 5.91 Å². The fourth-order valence-electron chi connectivity index (χ4n) is 1.68. The number of hydrogen-bond donors (Lipinski definition) is 1. The molecule has 0 saturated carbocycles. The fraction of sp³-hybridized carbons (Fsp3) is 0.900. The van der Waals surface area contributed by atoms with Crippen molar-refractivity contribution in [3.05, 3.63) is 0 Å². The van der Waals surface area contributed by atoms with Gasteiger partial charge in [-0.3, -0.25) is 4.79 Å². The SMILES string of the molecule is CNC(C)CCN1CC(C)CC1=O. The molecule has 1 aliphatic heterocycles. The molecule has 0 spiro atoms. The molecule has 3 nitrogen and oxygen atoms in total. The number of nitrogens with one attached hydrogen (secondary N) is 1. The van der Waals surface area contributed by atoms with Crippen LogP contribution in [0.3, 0.4) is 0 Å². The molecule has 0 aromatic heterocycles. The minimum absolute atomic E-state index is 0.329. The molecule has 0 aliphatic carbocycles. The Balaban J connectivity index is 2.25. The second-order valence-corrected chi connectivity index (χ2v) is 4.13. The highest BCUT2D eigenvalue weighted by Crippen LogP contribution is 2.16. The smallest absolute Gasteiger partial charge is 0.222 e. The van der Waals surface area contributed by atoms with Crippen molar-refractivity contribution in [3.63, 3.8) is 0 Å². The van der Waals surface area contributed by atoms with Crippen molar-refractivity contribution < 1.29 is 4.79 Å². The third-order valence-corrected chi connectivity index (χ3v) is 2.73. The molecule has 1 rings (SSSR count). The van der Waals surface area contributed by atoms with E-state index in [0.717, 1.165) is 25.9 Å². The van der Waals surface area contributed by atoms with Gasteiger partial charge in [0.05, 0.1) is 0 Å². The van der Waals surface area contributed by atoms with E-state index in [1.807, 2.05) is 11.9 Å². The molecule has 0 bridgehead atoms. The summed E-state index contributed by atoms with van der Waals surface area (Å²) >= 11 is 0. The number of amides is 1. The summed E-state index contributed by atoms with van der Waals surface area (Å²) in [5.74, 6) is 0.883. The summed E-state index contributed by atoms with van der Waals surface area (Å²) in [6, 6.07) is 0.503. The van der Waals surface area contributed by atoms with Crippen LogP contribution >= 0.6 is 0 Å². The van der Waals surface area contributed by atoms with Crippen LogP contribution in [-0.2, 0) is 4.79 Å². The molecule has 1 N–H and O–H groups in total. The van der Waals surface area contributed by atoms with Crippen LogP contribution in [0.2, 0.25) is 0 Å². The lowest BCUT2D eigenvalue weighted by molar-refractivity contribution is -0.127. The van der Waals surface area contributed by atoms with E-state index in [1.165, 1.54) is 0 Å². The Morgan fingerprint density at radius 3 is 2.85 bits per heavy atom. The molecule has 2 unspecified atom stereocenters. The Labute approximate surface area is 80.5 Å². The summed E-state index contributed by atoms with van der Waals surface area (Å²) < 4.78 is 0. The molecule has 76 valence electrons. The fourth-order valence-corrected chi connectivity index (χ4v) is 1.68. The van der Waals surface area contributed by atoms with Gasteiger partial charge in [0.25, 0.3) is 0 Å². The van der Waals surface area contributed by atoms with Gasteiger partial charge in [-0.2, -0.15) is 0 Å². The zero-order valence-corrected chi connectivity index (χ0v) is 8.84. The molecule has 1 saturated heterocycles. The molecular weight excluding hydrogens is 164 g/mol. The molecule has 0 aromatic carbocycles. The Kier molecular flexibility index (Phi) is 3.72. The van der Waals surface area contributed by atoms with Crippen molar-refractivity contribution in [1.29, 1.82) is 0 Å². The monoisotopic (exact) mass is 184 g/mol. The van der Waals surface area contributed by atoms with Crippen LogP contribution < -0.4 is 5.32 Å². The lowest BCUT2D eigenvalue weighted by Crippen LogP contribution is -2.31. The van der Waals surface area contributed by atoms with Crippen molar-refractivity contribution in [2.75, 3.05) is 20.1 Å². The van der Waals surface area contributed by atoms with Crippen LogP contribution in [0.5, 0.6) is 0 Å². The second kappa shape index (κ2) is 4.61. The predicted molar refractivity (Wildman–Crippen MR) is 53.5 cm³/mol. The highest BCUT2D eigenvalue weighted by molar-refractivity contribution is 5.78. The van der Waals surface area contributed by atoms with Crippen molar-refractivity contribution in [1.82, 2.24) is 10.2 Å². The normalized spacial score (nSPS) is 25.3. The van der Waals surface area contributed by atoms with E-state index in [0.29, 0.717) is 17.9 Å². The van der Waals surface area contributed by atoms with Crippen LogP contribution in [0.25, 0.3) is 0 Å². The topological polar surface area (TPSA) is 32.3 Å². The number of nitrogens with zero attached hydrogens (tertiary/aromatic N) is 1. The minimum Gasteiger partial charge on any atom is -0.342 e. The molecular formula is C10H20N2O. The molecule has 1 amide bonds. The Bertz CT molecular complexity index is 182. The average molecular weight is 184 g/mol. The molecule has 1 fully saturated rings. The van der Waals surface area contributed by atoms with Crippen LogP contribution in [0.4, 0.5) is 0 Å². The Hall–Kier alpha value is -0.570. The van der Waals surface area contributed by atoms with E-state index >= 15 is 0 Å². The molecule has 0 radical (unpaired) electrons. The first kappa shape index (κ1) is 10.5. The highest BCUT2D eigenvalue weighted by Gasteiger charge is 2.25. The van der Waals surface area contributed by atoms with Crippen molar-refractivity contribution in [2.45, 2.75) is 32.7 Å². The molecule has 13 heavy (non-hydrogen) atoms. The third-order valence-electron chi connectivity index (χ3n) is 2.73. The zero-order valence-electron chi connectivity index (χ0n) is 8.84. The van der Waals surface area contributed by atoms with Gasteiger partial charge in [0.15, 0.2) is 0 Å². The van der Waals surface area contributed by atoms with Gasteiger partial charge in [-0.15, -0.1) is 0 Å². The van der Waals surface area contributed by atoms with Crippen molar-refractivity contribution in [3.8, 4) is 0 Å². The Morgan fingerprint density at radius 1 is 1.69 bits per heavy atom. The van der Waals surface area contributed by atoms with Crippen LogP contribution in [0.1, 0.15) is 26.7 Å². The molecule has 1 heterocycles. The van der Waals surface area contributed by atoms with Gasteiger partial charge in [-0.05, 0) is 26.3 Å². The minimum atomic E-state index is 0.329. The summed E-state index contributed by atoms with van der Waals surface area (Å²) in [6.45, 7) is 6.14. The third kappa shape index (κ3) is 2.99. The summed E-state index contributed by atoms with van der Waals surface area (Å²) in [6.07, 6.45) is 1.79. The first-order chi connectivity index (χ1) is 6.13. The summed E-state index contributed by atoms with van der Waals surface area (Å²) in [7, 11) is 1.96. The first-order valence-corrected chi connectivity index (χ1v) is 5.08. The van der Waals surface area contributed by atoms with Crippen molar-refractivity contribution >= 4 is 5.91 Å². The maximum absolute atomic E-state index is 11.4. The van der Waals surface area contributed by atoms with E-state index in [1.54, 1.807) is 0 Å². The van der Waals surface area contributed by atoms with E-state index in [-0.39, 0.29) is 0 Å². The summed E-state index contributed by atoms with van der Waals surface area (Å²) in [5, 5.41) is 3.18. The molecule has 0 aromatic rings. The standard InChI is InChI=1S/C10H20N2O/c1-8-6-10(13)12(7-8)5-4-9(2)11-3/h8-9,11H,4-7H2,1-3H3. The highest BCUT2D eigenvalue weighted by atomic mass is 16.2. The van der Waals surface area contributed by atoms with Gasteiger partial charge < -0.3 is 10.2 Å². The lowest BCUT2D eigenvalue weighted by Gasteiger charge is -2.18. The number of carbonyl (C=O) groups is 1. The number of likely N-dealkylation sites (tertiary alicyclic amines) is 1. The van der Waals surface area contributed by atoms with Gasteiger partial charge in [0, 0.05) is 25.6 Å². The van der Waals surface area contributed by atoms with Crippen molar-refractivity contribution in [2.24, 2.45) is 5.92 Å². The number of rotatable bonds is 4. The van der Waals surface area contributed by atoms with Gasteiger partial charge in [-0.25, -0.2) is 0 Å². The average Bonchev–Trinajstić information content (AvgIpc) is 2.41. The molecule has 2 atom stereocenters.